The number of carbonyl (C=O) groups excluding carboxylic acids is 1. The van der Waals surface area contributed by atoms with Gasteiger partial charge in [0.1, 0.15) is 0 Å². The van der Waals surface area contributed by atoms with E-state index in [0.717, 1.165) is 0 Å². The van der Waals surface area contributed by atoms with Crippen LogP contribution in [-0.2, 0) is 15.7 Å². The fraction of sp³-hybridized carbons (Fsp3) is 0.125. The Morgan fingerprint density at radius 1 is 1.50 bits per heavy atom. The minimum absolute atomic E-state index is 0.0216. The van der Waals surface area contributed by atoms with Crippen LogP contribution in [0.4, 0.5) is 5.69 Å². The maximum absolute atomic E-state index is 11.8. The van der Waals surface area contributed by atoms with Crippen LogP contribution in [0.5, 0.6) is 0 Å². The van der Waals surface area contributed by atoms with Crippen molar-refractivity contribution in [3.63, 3.8) is 0 Å². The van der Waals surface area contributed by atoms with Crippen molar-refractivity contribution in [2.45, 2.75) is 6.92 Å². The number of hydrogen-bond acceptors (Lipinski definition) is 5. The molecule has 1 rings (SSSR count). The fourth-order valence-corrected chi connectivity index (χ4v) is 3.47. The van der Waals surface area contributed by atoms with Crippen molar-refractivity contribution in [3.8, 4) is 0 Å². The second-order valence-corrected chi connectivity index (χ2v) is 7.29. The first kappa shape index (κ1) is 13.3. The molecule has 0 heterocycles. The molecule has 0 fully saturated rings. The summed E-state index contributed by atoms with van der Waals surface area (Å²) in [6, 6.07) is 6.02. The standard InChI is InChI=1S/C8H9AsClNO5/c1-6(12)11-8-5-3-2-4-7(8)9(13,15-10)16-14/h2-5,14H,1H3,(H,11,12). The molecule has 0 aliphatic rings. The molecule has 16 heavy (non-hydrogen) atoms. The van der Waals surface area contributed by atoms with Gasteiger partial charge in [-0.1, -0.05) is 0 Å². The van der Waals surface area contributed by atoms with Crippen molar-refractivity contribution in [3.05, 3.63) is 24.3 Å². The van der Waals surface area contributed by atoms with E-state index in [1.54, 1.807) is 12.1 Å². The van der Waals surface area contributed by atoms with Crippen molar-refractivity contribution >= 4 is 42.0 Å². The Morgan fingerprint density at radius 3 is 2.62 bits per heavy atom. The molecule has 0 bridgehead atoms. The molecule has 88 valence electrons. The Labute approximate surface area is 99.6 Å². The van der Waals surface area contributed by atoms with Crippen molar-refractivity contribution in [2.24, 2.45) is 0 Å². The van der Waals surface area contributed by atoms with Gasteiger partial charge in [-0.2, -0.15) is 0 Å². The van der Waals surface area contributed by atoms with Crippen LogP contribution in [0.1, 0.15) is 6.92 Å². The van der Waals surface area contributed by atoms with Crippen LogP contribution in [0.2, 0.25) is 0 Å². The Balaban J connectivity index is 3.22. The average Bonchev–Trinajstić information content (AvgIpc) is 2.28. The molecule has 6 nitrogen and oxygen atoms in total. The first-order valence-corrected chi connectivity index (χ1v) is 7.68. The first-order chi connectivity index (χ1) is 7.53. The van der Waals surface area contributed by atoms with Crippen molar-refractivity contribution in [1.29, 1.82) is 0 Å². The summed E-state index contributed by atoms with van der Waals surface area (Å²) in [6.07, 6.45) is 0. The molecule has 8 heteroatoms. The number of benzene rings is 1. The number of para-hydroxylation sites is 1. The zero-order valence-corrected chi connectivity index (χ0v) is 10.8. The van der Waals surface area contributed by atoms with Crippen molar-refractivity contribution < 1.29 is 20.9 Å². The van der Waals surface area contributed by atoms with Crippen molar-refractivity contribution in [2.75, 3.05) is 5.32 Å². The molecule has 1 aromatic rings. The predicted octanol–water partition coefficient (Wildman–Crippen LogP) is 0.881. The minimum atomic E-state index is -4.69. The van der Waals surface area contributed by atoms with Gasteiger partial charge in [-0.15, -0.1) is 0 Å². The van der Waals surface area contributed by atoms with Gasteiger partial charge >= 0.3 is 99.4 Å². The van der Waals surface area contributed by atoms with E-state index in [9.17, 15) is 8.53 Å². The van der Waals surface area contributed by atoms with E-state index >= 15 is 0 Å². The van der Waals surface area contributed by atoms with Gasteiger partial charge < -0.3 is 0 Å². The normalized spacial score (nSPS) is 14.2. The number of amides is 1. The molecule has 1 atom stereocenters. The Hall–Kier alpha value is -0.782. The molecule has 0 aliphatic heterocycles. The molecule has 1 aromatic carbocycles. The molecule has 0 saturated heterocycles. The first-order valence-electron chi connectivity index (χ1n) is 4.14. The fourth-order valence-electron chi connectivity index (χ4n) is 1.10. The zero-order valence-electron chi connectivity index (χ0n) is 8.21. The van der Waals surface area contributed by atoms with Crippen LogP contribution in [0.15, 0.2) is 24.3 Å². The third kappa shape index (κ3) is 2.87. The molecular weight excluding hydrogens is 300 g/mol. The summed E-state index contributed by atoms with van der Waals surface area (Å²) in [5, 5.41) is 11.0. The zero-order chi connectivity index (χ0) is 12.2. The third-order valence-electron chi connectivity index (χ3n) is 1.71. The molecule has 1 amide bonds. The van der Waals surface area contributed by atoms with Crippen LogP contribution in [0, 0.1) is 0 Å². The molecule has 0 aromatic heterocycles. The van der Waals surface area contributed by atoms with Gasteiger partial charge in [-0.05, 0) is 0 Å². The van der Waals surface area contributed by atoms with Gasteiger partial charge in [-0.25, -0.2) is 0 Å². The Bertz CT molecular complexity index is 430. The number of anilines is 1. The summed E-state index contributed by atoms with van der Waals surface area (Å²) in [5.74, 6) is -0.359. The van der Waals surface area contributed by atoms with E-state index in [1.165, 1.54) is 19.1 Å². The van der Waals surface area contributed by atoms with Crippen LogP contribution in [0.3, 0.4) is 0 Å². The van der Waals surface area contributed by atoms with Crippen LogP contribution < -0.4 is 9.67 Å². The van der Waals surface area contributed by atoms with Gasteiger partial charge in [0.15, 0.2) is 0 Å². The van der Waals surface area contributed by atoms with E-state index in [-0.39, 0.29) is 15.9 Å². The summed E-state index contributed by atoms with van der Waals surface area (Å²) in [7, 11) is 0. The van der Waals surface area contributed by atoms with E-state index < -0.39 is 14.2 Å². The summed E-state index contributed by atoms with van der Waals surface area (Å²) in [6.45, 7) is 1.29. The predicted molar refractivity (Wildman–Crippen MR) is 57.5 cm³/mol. The van der Waals surface area contributed by atoms with Crippen LogP contribution >= 0.6 is 11.9 Å². The summed E-state index contributed by atoms with van der Waals surface area (Å²) < 4.78 is 19.8. The Morgan fingerprint density at radius 2 is 2.12 bits per heavy atom. The number of hydrogen-bond donors (Lipinski definition) is 2. The van der Waals surface area contributed by atoms with Gasteiger partial charge in [0.25, 0.3) is 0 Å². The number of halogens is 1. The molecule has 0 saturated carbocycles. The number of nitrogens with one attached hydrogen (secondary N) is 1. The molecule has 2 N–H and O–H groups in total. The van der Waals surface area contributed by atoms with E-state index in [4.69, 9.17) is 17.1 Å². The summed E-state index contributed by atoms with van der Waals surface area (Å²) in [4.78, 5) is 10.9. The molecule has 1 unspecified atom stereocenters. The summed E-state index contributed by atoms with van der Waals surface area (Å²) >= 11 is 0.324. The molecule has 0 spiro atoms. The quantitative estimate of drug-likeness (QED) is 0.490. The molecular formula is C8H9AsClNO5. The number of rotatable bonds is 4. The molecule has 0 radical (unpaired) electrons. The molecule has 0 aliphatic carbocycles. The maximum atomic E-state index is 11.8. The van der Waals surface area contributed by atoms with E-state index in [1.807, 2.05) is 0 Å². The van der Waals surface area contributed by atoms with Gasteiger partial charge in [0.2, 0.25) is 0 Å². The number of carbonyl (C=O) groups is 1. The van der Waals surface area contributed by atoms with E-state index in [0.29, 0.717) is 0 Å². The van der Waals surface area contributed by atoms with E-state index in [2.05, 4.69) is 12.5 Å². The Kier molecular flexibility index (Phi) is 4.58. The van der Waals surface area contributed by atoms with Gasteiger partial charge in [0.05, 0.1) is 0 Å². The second kappa shape index (κ2) is 5.52. The van der Waals surface area contributed by atoms with Crippen LogP contribution in [-0.4, -0.2) is 25.3 Å². The summed E-state index contributed by atoms with van der Waals surface area (Å²) in [5.41, 5.74) is 0.215. The topological polar surface area (TPSA) is 84.9 Å². The van der Waals surface area contributed by atoms with Gasteiger partial charge in [0, 0.05) is 0 Å². The second-order valence-electron chi connectivity index (χ2n) is 2.85. The average molecular weight is 310 g/mol. The third-order valence-corrected chi connectivity index (χ3v) is 5.54. The monoisotopic (exact) mass is 309 g/mol. The SMILES string of the molecule is CC(=O)Nc1ccccc1[As](=O)(OO)OCl. The van der Waals surface area contributed by atoms with Gasteiger partial charge in [-0.3, -0.25) is 0 Å². The van der Waals surface area contributed by atoms with Crippen molar-refractivity contribution in [1.82, 2.24) is 0 Å². The van der Waals surface area contributed by atoms with Crippen LogP contribution in [0.25, 0.3) is 0 Å².